The molecular formula is C38H24B2O4. The minimum atomic E-state index is 0.00214. The topological polar surface area (TPSA) is 36.9 Å². The molecule has 0 N–H and O–H groups in total. The highest BCUT2D eigenvalue weighted by molar-refractivity contribution is 6.99. The van der Waals surface area contributed by atoms with Gasteiger partial charge in [-0.1, -0.05) is 78.9 Å². The van der Waals surface area contributed by atoms with Gasteiger partial charge in [-0.3, -0.25) is 0 Å². The van der Waals surface area contributed by atoms with Gasteiger partial charge in [-0.15, -0.1) is 0 Å². The van der Waals surface area contributed by atoms with Gasteiger partial charge in [-0.05, 0) is 77.2 Å². The summed E-state index contributed by atoms with van der Waals surface area (Å²) in [6.07, 6.45) is 0. The van der Waals surface area contributed by atoms with E-state index >= 15 is 0 Å². The van der Waals surface area contributed by atoms with E-state index in [-0.39, 0.29) is 13.4 Å². The summed E-state index contributed by atoms with van der Waals surface area (Å²) >= 11 is 0. The number of benzene rings is 6. The molecule has 0 saturated carbocycles. The predicted octanol–water partition coefficient (Wildman–Crippen LogP) is 5.43. The van der Waals surface area contributed by atoms with Crippen molar-refractivity contribution in [3.8, 4) is 57.1 Å². The van der Waals surface area contributed by atoms with Crippen LogP contribution >= 0.6 is 0 Å². The Hall–Kier alpha value is -5.35. The van der Waals surface area contributed by atoms with Crippen LogP contribution in [0.2, 0.25) is 0 Å². The molecule has 0 bridgehead atoms. The van der Waals surface area contributed by atoms with Gasteiger partial charge in [0.05, 0.1) is 0 Å². The molecule has 0 saturated heterocycles. The maximum atomic E-state index is 6.87. The van der Waals surface area contributed by atoms with Crippen LogP contribution in [0, 0.1) is 13.8 Å². The molecule has 0 aromatic heterocycles. The van der Waals surface area contributed by atoms with Gasteiger partial charge in [0.2, 0.25) is 0 Å². The molecule has 0 radical (unpaired) electrons. The predicted molar refractivity (Wildman–Crippen MR) is 177 cm³/mol. The summed E-state index contributed by atoms with van der Waals surface area (Å²) in [5, 5.41) is 0. The molecule has 6 aromatic carbocycles. The van der Waals surface area contributed by atoms with Crippen LogP contribution in [-0.4, -0.2) is 13.4 Å². The third kappa shape index (κ3) is 3.15. The fourth-order valence-corrected chi connectivity index (χ4v) is 7.62. The molecule has 4 aliphatic heterocycles. The zero-order chi connectivity index (χ0) is 29.1. The molecule has 4 heterocycles. The standard InChI is InChI=1S/C38H24B2O4/c1-21-19-32-34-33(20-21)44-38-24(10-7-13-27(38)39(34)25-11-3-5-15-29(25)41-32)23-9-8-14-28-37(23)43-31-18-17-22(2)36-35(31)40(28)26-12-4-6-16-30(26)42-36/h3-20H,1-2H3. The van der Waals surface area contributed by atoms with Crippen molar-refractivity contribution < 1.29 is 18.9 Å². The molecule has 4 aliphatic rings. The molecule has 0 aliphatic carbocycles. The largest absolute Gasteiger partial charge is 0.458 e. The SMILES string of the molecule is Cc1cc2c3c(c1)Oc1c(cccc1-c1cccc4c1Oc1ccc(C)c5c1B4c1ccccc1O5)B3c1ccccc1O2. The normalized spacial score (nSPS) is 13.9. The molecule has 0 unspecified atom stereocenters. The summed E-state index contributed by atoms with van der Waals surface area (Å²) in [7, 11) is 0. The monoisotopic (exact) mass is 566 g/mol. The van der Waals surface area contributed by atoms with Crippen molar-refractivity contribution >= 4 is 46.2 Å². The highest BCUT2D eigenvalue weighted by Crippen LogP contribution is 2.44. The average molecular weight is 566 g/mol. The Kier molecular flexibility index (Phi) is 4.72. The molecule has 6 heteroatoms. The summed E-state index contributed by atoms with van der Waals surface area (Å²) in [6, 6.07) is 38.0. The molecule has 0 spiro atoms. The van der Waals surface area contributed by atoms with Gasteiger partial charge in [0, 0.05) is 22.1 Å². The first-order chi connectivity index (χ1) is 21.6. The maximum absolute atomic E-state index is 6.87. The molecule has 4 nitrogen and oxygen atoms in total. The summed E-state index contributed by atoms with van der Waals surface area (Å²) in [5.41, 5.74) is 10.9. The fourth-order valence-electron chi connectivity index (χ4n) is 7.62. The van der Waals surface area contributed by atoms with E-state index < -0.39 is 0 Å². The first kappa shape index (κ1) is 24.1. The lowest BCUT2D eigenvalue weighted by atomic mass is 9.34. The molecule has 6 aromatic rings. The minimum Gasteiger partial charge on any atom is -0.458 e. The first-order valence-corrected chi connectivity index (χ1v) is 15.1. The molecule has 10 rings (SSSR count). The summed E-state index contributed by atoms with van der Waals surface area (Å²) < 4.78 is 26.6. The highest BCUT2D eigenvalue weighted by atomic mass is 16.5. The van der Waals surface area contributed by atoms with Crippen molar-refractivity contribution in [3.63, 3.8) is 0 Å². The van der Waals surface area contributed by atoms with Gasteiger partial charge >= 0.3 is 0 Å². The smallest absolute Gasteiger partial charge is 0.260 e. The van der Waals surface area contributed by atoms with E-state index in [2.05, 4.69) is 111 Å². The molecular weight excluding hydrogens is 542 g/mol. The maximum Gasteiger partial charge on any atom is 0.260 e. The van der Waals surface area contributed by atoms with Crippen molar-refractivity contribution in [1.29, 1.82) is 0 Å². The average Bonchev–Trinajstić information content (AvgIpc) is 3.05. The van der Waals surface area contributed by atoms with E-state index in [0.717, 1.165) is 101 Å². The molecule has 0 fully saturated rings. The summed E-state index contributed by atoms with van der Waals surface area (Å²) in [4.78, 5) is 0. The lowest BCUT2D eigenvalue weighted by Gasteiger charge is -2.35. The Labute approximate surface area is 256 Å². The van der Waals surface area contributed by atoms with Crippen LogP contribution in [-0.2, 0) is 0 Å². The second-order valence-electron chi connectivity index (χ2n) is 12.1. The summed E-state index contributed by atoms with van der Waals surface area (Å²) in [6.45, 7) is 4.19. The Balaban J connectivity index is 1.21. The number of hydrogen-bond acceptors (Lipinski definition) is 4. The van der Waals surface area contributed by atoms with Crippen LogP contribution in [0.3, 0.4) is 0 Å². The first-order valence-electron chi connectivity index (χ1n) is 15.1. The van der Waals surface area contributed by atoms with Crippen molar-refractivity contribution in [2.24, 2.45) is 0 Å². The molecule has 44 heavy (non-hydrogen) atoms. The second-order valence-corrected chi connectivity index (χ2v) is 12.1. The van der Waals surface area contributed by atoms with Gasteiger partial charge in [0.1, 0.15) is 46.0 Å². The number of aryl methyl sites for hydroxylation is 2. The van der Waals surface area contributed by atoms with Crippen LogP contribution in [0.4, 0.5) is 0 Å². The lowest BCUT2D eigenvalue weighted by molar-refractivity contribution is 0.460. The van der Waals surface area contributed by atoms with E-state index in [1.54, 1.807) is 0 Å². The molecule has 0 amide bonds. The fraction of sp³-hybridized carbons (Fsp3) is 0.0526. The molecule has 206 valence electrons. The van der Waals surface area contributed by atoms with Crippen LogP contribution in [0.25, 0.3) is 11.1 Å². The van der Waals surface area contributed by atoms with Gasteiger partial charge in [0.15, 0.2) is 0 Å². The van der Waals surface area contributed by atoms with Crippen LogP contribution in [0.5, 0.6) is 46.0 Å². The van der Waals surface area contributed by atoms with Gasteiger partial charge in [0.25, 0.3) is 13.4 Å². The van der Waals surface area contributed by atoms with Gasteiger partial charge in [-0.25, -0.2) is 0 Å². The van der Waals surface area contributed by atoms with Gasteiger partial charge in [-0.2, -0.15) is 0 Å². The Morgan fingerprint density at radius 2 is 0.932 bits per heavy atom. The number of hydrogen-bond donors (Lipinski definition) is 0. The zero-order valence-electron chi connectivity index (χ0n) is 24.2. The Morgan fingerprint density at radius 3 is 1.61 bits per heavy atom. The number of rotatable bonds is 1. The third-order valence-corrected chi connectivity index (χ3v) is 9.50. The third-order valence-electron chi connectivity index (χ3n) is 9.50. The van der Waals surface area contributed by atoms with Crippen LogP contribution in [0.1, 0.15) is 11.1 Å². The minimum absolute atomic E-state index is 0.00214. The van der Waals surface area contributed by atoms with E-state index in [1.807, 2.05) is 12.1 Å². The second kappa shape index (κ2) is 8.61. The quantitative estimate of drug-likeness (QED) is 0.249. The van der Waals surface area contributed by atoms with E-state index in [4.69, 9.17) is 18.9 Å². The van der Waals surface area contributed by atoms with Crippen molar-refractivity contribution in [1.82, 2.24) is 0 Å². The van der Waals surface area contributed by atoms with Crippen molar-refractivity contribution in [3.05, 3.63) is 120 Å². The Bertz CT molecular complexity index is 2240. The molecule has 0 atom stereocenters. The summed E-state index contributed by atoms with van der Waals surface area (Å²) in [5.74, 6) is 6.93. The zero-order valence-corrected chi connectivity index (χ0v) is 24.2. The number of ether oxygens (including phenoxy) is 4. The highest BCUT2D eigenvalue weighted by Gasteiger charge is 2.43. The number of para-hydroxylation sites is 4. The van der Waals surface area contributed by atoms with Crippen molar-refractivity contribution in [2.45, 2.75) is 13.8 Å². The van der Waals surface area contributed by atoms with Gasteiger partial charge < -0.3 is 18.9 Å². The van der Waals surface area contributed by atoms with E-state index in [9.17, 15) is 0 Å². The lowest BCUT2D eigenvalue weighted by Crippen LogP contribution is -2.58. The van der Waals surface area contributed by atoms with E-state index in [1.165, 1.54) is 0 Å². The van der Waals surface area contributed by atoms with Crippen molar-refractivity contribution in [2.75, 3.05) is 0 Å². The van der Waals surface area contributed by atoms with Crippen LogP contribution in [0.15, 0.2) is 109 Å². The van der Waals surface area contributed by atoms with Crippen LogP contribution < -0.4 is 51.7 Å². The number of fused-ring (bicyclic) bond motifs is 8. The van der Waals surface area contributed by atoms with E-state index in [0.29, 0.717) is 0 Å². The Morgan fingerprint density at radius 1 is 0.409 bits per heavy atom.